The first-order valence-electron chi connectivity index (χ1n) is 8.36. The zero-order valence-corrected chi connectivity index (χ0v) is 14.0. The van der Waals surface area contributed by atoms with E-state index < -0.39 is 24.3 Å². The Morgan fingerprint density at radius 1 is 1.00 bits per heavy atom. The third-order valence-electron chi connectivity index (χ3n) is 4.26. The van der Waals surface area contributed by atoms with Crippen molar-refractivity contribution in [1.82, 2.24) is 0 Å². The lowest BCUT2D eigenvalue weighted by atomic mass is 9.86. The predicted octanol–water partition coefficient (Wildman–Crippen LogP) is 2.42. The van der Waals surface area contributed by atoms with E-state index in [9.17, 15) is 9.90 Å². The van der Waals surface area contributed by atoms with Crippen LogP contribution >= 0.6 is 0 Å². The highest BCUT2D eigenvalue weighted by atomic mass is 16.7. The molecule has 0 saturated carbocycles. The molecule has 1 saturated heterocycles. The highest BCUT2D eigenvalue weighted by Gasteiger charge is 2.32. The maximum Gasteiger partial charge on any atom is 0.338 e. The molecule has 0 aliphatic carbocycles. The maximum absolute atomic E-state index is 12.4. The van der Waals surface area contributed by atoms with Gasteiger partial charge in [0, 0.05) is 12.3 Å². The molecule has 1 aliphatic rings. The summed E-state index contributed by atoms with van der Waals surface area (Å²) in [6, 6.07) is 19.0. The molecular weight excluding hydrogens is 320 g/mol. The summed E-state index contributed by atoms with van der Waals surface area (Å²) in [6.07, 6.45) is 0.801. The first-order valence-corrected chi connectivity index (χ1v) is 8.36. The van der Waals surface area contributed by atoms with Crippen molar-refractivity contribution in [2.45, 2.75) is 37.6 Å². The van der Waals surface area contributed by atoms with Gasteiger partial charge in [-0.3, -0.25) is 0 Å². The van der Waals surface area contributed by atoms with E-state index in [0.29, 0.717) is 13.0 Å². The molecule has 2 aromatic carbocycles. The number of aliphatic hydroxyl groups is 1. The molecule has 134 valence electrons. The monoisotopic (exact) mass is 344 g/mol. The van der Waals surface area contributed by atoms with Crippen LogP contribution in [0, 0.1) is 0 Å². The van der Waals surface area contributed by atoms with Gasteiger partial charge in [-0.1, -0.05) is 60.7 Å². The summed E-state index contributed by atoms with van der Waals surface area (Å²) in [4.78, 5) is 12.4. The van der Waals surface area contributed by atoms with Crippen molar-refractivity contribution in [1.29, 1.82) is 0 Å². The molecule has 1 heterocycles. The van der Waals surface area contributed by atoms with Crippen LogP contribution in [0.5, 0.6) is 0 Å². The van der Waals surface area contributed by atoms with E-state index in [1.165, 1.54) is 0 Å². The second kappa shape index (κ2) is 9.32. The topological polar surface area (TPSA) is 87.3 Å². The van der Waals surface area contributed by atoms with Gasteiger partial charge in [-0.25, -0.2) is 4.79 Å². The second-order valence-corrected chi connectivity index (χ2v) is 5.98. The Kier molecular flexibility index (Phi) is 7.13. The van der Waals surface area contributed by atoms with Crippen LogP contribution in [-0.4, -0.2) is 35.6 Å². The molecule has 0 radical (unpaired) electrons. The molecule has 25 heavy (non-hydrogen) atoms. The summed E-state index contributed by atoms with van der Waals surface area (Å²) in [6.45, 7) is 0.592. The molecule has 2 aromatic rings. The van der Waals surface area contributed by atoms with Crippen molar-refractivity contribution in [2.24, 2.45) is 0 Å². The largest absolute Gasteiger partial charge is 0.434 e. The first-order chi connectivity index (χ1) is 11.8. The third kappa shape index (κ3) is 4.89. The SMILES string of the molecule is O.O=C(OC1CCCCO1)C(O)C(c1ccccc1)c1ccccc1. The van der Waals surface area contributed by atoms with Crippen molar-refractivity contribution in [3.63, 3.8) is 0 Å². The normalized spacial score (nSPS) is 18.2. The van der Waals surface area contributed by atoms with Crippen LogP contribution in [0.3, 0.4) is 0 Å². The van der Waals surface area contributed by atoms with Gasteiger partial charge in [0.1, 0.15) is 0 Å². The van der Waals surface area contributed by atoms with E-state index in [4.69, 9.17) is 9.47 Å². The van der Waals surface area contributed by atoms with Gasteiger partial charge in [-0.05, 0) is 24.0 Å². The molecule has 0 bridgehead atoms. The quantitative estimate of drug-likeness (QED) is 0.844. The van der Waals surface area contributed by atoms with Gasteiger partial charge < -0.3 is 20.1 Å². The lowest BCUT2D eigenvalue weighted by Crippen LogP contribution is -2.35. The van der Waals surface area contributed by atoms with E-state index >= 15 is 0 Å². The molecule has 3 rings (SSSR count). The van der Waals surface area contributed by atoms with Crippen molar-refractivity contribution < 1.29 is 24.9 Å². The van der Waals surface area contributed by atoms with Crippen molar-refractivity contribution in [2.75, 3.05) is 6.61 Å². The van der Waals surface area contributed by atoms with Gasteiger partial charge >= 0.3 is 5.97 Å². The van der Waals surface area contributed by atoms with Gasteiger partial charge in [-0.2, -0.15) is 0 Å². The molecule has 1 aliphatic heterocycles. The lowest BCUT2D eigenvalue weighted by molar-refractivity contribution is -0.195. The summed E-state index contributed by atoms with van der Waals surface area (Å²) in [7, 11) is 0. The Morgan fingerprint density at radius 2 is 1.56 bits per heavy atom. The average Bonchev–Trinajstić information content (AvgIpc) is 2.64. The number of ether oxygens (including phenoxy) is 2. The number of aliphatic hydroxyl groups excluding tert-OH is 1. The minimum Gasteiger partial charge on any atom is -0.434 e. The fourth-order valence-electron chi connectivity index (χ4n) is 3.02. The van der Waals surface area contributed by atoms with Gasteiger partial charge in [0.25, 0.3) is 0 Å². The Hall–Kier alpha value is -2.21. The summed E-state index contributed by atoms with van der Waals surface area (Å²) in [5.74, 6) is -1.11. The maximum atomic E-state index is 12.4. The molecule has 3 N–H and O–H groups in total. The minimum absolute atomic E-state index is 0. The lowest BCUT2D eigenvalue weighted by Gasteiger charge is -2.27. The number of hydrogen-bond acceptors (Lipinski definition) is 4. The average molecular weight is 344 g/mol. The molecule has 5 nitrogen and oxygen atoms in total. The Balaban J connectivity index is 0.00000225. The second-order valence-electron chi connectivity index (χ2n) is 5.98. The summed E-state index contributed by atoms with van der Waals surface area (Å²) < 4.78 is 10.8. The van der Waals surface area contributed by atoms with E-state index in [0.717, 1.165) is 24.0 Å². The van der Waals surface area contributed by atoms with Gasteiger partial charge in [0.05, 0.1) is 6.61 Å². The molecule has 0 spiro atoms. The van der Waals surface area contributed by atoms with Crippen molar-refractivity contribution in [3.05, 3.63) is 71.8 Å². The third-order valence-corrected chi connectivity index (χ3v) is 4.26. The fourth-order valence-corrected chi connectivity index (χ4v) is 3.02. The number of rotatable bonds is 5. The Bertz CT molecular complexity index is 598. The predicted molar refractivity (Wildman–Crippen MR) is 94.0 cm³/mol. The number of esters is 1. The van der Waals surface area contributed by atoms with Crippen LogP contribution in [0.25, 0.3) is 0 Å². The highest BCUT2D eigenvalue weighted by molar-refractivity contribution is 5.76. The summed E-state index contributed by atoms with van der Waals surface area (Å²) in [5.41, 5.74) is 1.75. The molecule has 0 amide bonds. The zero-order valence-electron chi connectivity index (χ0n) is 14.0. The van der Waals surface area contributed by atoms with Crippen LogP contribution in [0.2, 0.25) is 0 Å². The first kappa shape index (κ1) is 19.1. The van der Waals surface area contributed by atoms with Gasteiger partial charge in [-0.15, -0.1) is 0 Å². The zero-order chi connectivity index (χ0) is 16.8. The Morgan fingerprint density at radius 3 is 2.04 bits per heavy atom. The van der Waals surface area contributed by atoms with Crippen molar-refractivity contribution >= 4 is 5.97 Å². The minimum atomic E-state index is -1.28. The van der Waals surface area contributed by atoms with E-state index in [2.05, 4.69) is 0 Å². The summed E-state index contributed by atoms with van der Waals surface area (Å²) in [5, 5.41) is 10.7. The standard InChI is InChI=1S/C20H22O4.H2O/c21-19(20(22)24-17-13-7-8-14-23-17)18(15-9-3-1-4-10-15)16-11-5-2-6-12-16;/h1-6,9-12,17-19,21H,7-8,13-14H2;1H2. The number of carbonyl (C=O) groups is 1. The van der Waals surface area contributed by atoms with E-state index in [1.54, 1.807) is 0 Å². The van der Waals surface area contributed by atoms with Crippen LogP contribution in [0.15, 0.2) is 60.7 Å². The molecule has 0 aromatic heterocycles. The molecular formula is C20H24O5. The molecule has 2 atom stereocenters. The fraction of sp³-hybridized carbons (Fsp3) is 0.350. The molecule has 2 unspecified atom stereocenters. The van der Waals surface area contributed by atoms with Gasteiger partial charge in [0.2, 0.25) is 6.29 Å². The van der Waals surface area contributed by atoms with Crippen LogP contribution < -0.4 is 0 Å². The highest BCUT2D eigenvalue weighted by Crippen LogP contribution is 2.29. The van der Waals surface area contributed by atoms with E-state index in [-0.39, 0.29) is 5.48 Å². The van der Waals surface area contributed by atoms with E-state index in [1.807, 2.05) is 60.7 Å². The Labute approximate surface area is 147 Å². The number of benzene rings is 2. The van der Waals surface area contributed by atoms with Crippen LogP contribution in [0.4, 0.5) is 0 Å². The summed E-state index contributed by atoms with van der Waals surface area (Å²) >= 11 is 0. The van der Waals surface area contributed by atoms with Gasteiger partial charge in [0.15, 0.2) is 6.10 Å². The van der Waals surface area contributed by atoms with Crippen LogP contribution in [-0.2, 0) is 14.3 Å². The molecule has 1 fully saturated rings. The smallest absolute Gasteiger partial charge is 0.338 e. The van der Waals surface area contributed by atoms with Crippen molar-refractivity contribution in [3.8, 4) is 0 Å². The number of hydrogen-bond donors (Lipinski definition) is 1. The molecule has 5 heteroatoms. The van der Waals surface area contributed by atoms with Crippen LogP contribution in [0.1, 0.15) is 36.3 Å². The number of carbonyl (C=O) groups excluding carboxylic acids is 1.